The fraction of sp³-hybridized carbons (Fsp3) is 0.0323. The Morgan fingerprint density at radius 3 is 1.10 bits per heavy atom. The van der Waals surface area contributed by atoms with Gasteiger partial charge in [0.15, 0.2) is 0 Å². The topological polar surface area (TPSA) is 301 Å². The summed E-state index contributed by atoms with van der Waals surface area (Å²) in [5, 5.41) is 57.7. The average Bonchev–Trinajstić information content (AvgIpc) is 3.04. The van der Waals surface area contributed by atoms with Gasteiger partial charge in [-0.1, -0.05) is 6.58 Å². The molecule has 0 unspecified atom stereocenters. The third kappa shape index (κ3) is 5.10. The molecule has 18 heteroatoms. The maximum Gasteiger partial charge on any atom is 0.336 e. The standard InChI is InChI=1S/C31H16N6O12/c1-8(26(38)39)10(27(40)41)3-15-9(2)32-20-21(33-15)23-25(37-19-7-14(31(48)49)13(30(46)47)6-18(19)35-23)24-22(20)34-16-4-11(28(42)43)12(29(44)45)5-17(16)36-24/h3-7H,1H2,2H3,(H,38,39)(H,40,41)(H,42,43)(H,44,45)(H,46,47)(H,48,49)/b10-3+. The number of carboxylic acid groups (broad SMARTS) is 6. The SMILES string of the molecule is C=C(C(=O)O)/C(=C\c1nc2c(nc1C)c1nc3cc(C(=O)O)c(C(=O)O)cc3nc1c1nc3cc(C(=O)O)c(C(=O)O)cc3nc21)C(=O)O. The molecule has 0 saturated carbocycles. The Labute approximate surface area is 269 Å². The van der Waals surface area contributed by atoms with Gasteiger partial charge < -0.3 is 30.6 Å². The Kier molecular flexibility index (Phi) is 7.12. The second-order valence-corrected chi connectivity index (χ2v) is 10.4. The van der Waals surface area contributed by atoms with Crippen LogP contribution in [0.2, 0.25) is 0 Å². The van der Waals surface area contributed by atoms with Crippen LogP contribution in [0.3, 0.4) is 0 Å². The Hall–Kier alpha value is -7.50. The zero-order valence-corrected chi connectivity index (χ0v) is 24.4. The van der Waals surface area contributed by atoms with E-state index < -0.39 is 69.2 Å². The highest BCUT2D eigenvalue weighted by Gasteiger charge is 2.25. The molecule has 0 fully saturated rings. The minimum absolute atomic E-state index is 0.0334. The average molecular weight is 664 g/mol. The van der Waals surface area contributed by atoms with E-state index in [0.29, 0.717) is 0 Å². The number of benzene rings is 3. The van der Waals surface area contributed by atoms with Crippen molar-refractivity contribution >= 4 is 97.1 Å². The van der Waals surface area contributed by atoms with E-state index in [2.05, 4.69) is 36.5 Å². The molecule has 6 N–H and O–H groups in total. The number of hydrogen-bond acceptors (Lipinski definition) is 12. The van der Waals surface area contributed by atoms with Gasteiger partial charge in [0.1, 0.15) is 33.1 Å². The summed E-state index contributed by atoms with van der Waals surface area (Å²) in [5.41, 5.74) is -4.79. The summed E-state index contributed by atoms with van der Waals surface area (Å²) in [4.78, 5) is 98.0. The van der Waals surface area contributed by atoms with E-state index in [1.54, 1.807) is 0 Å². The Balaban J connectivity index is 1.83. The van der Waals surface area contributed by atoms with Crippen LogP contribution in [0.25, 0.3) is 61.2 Å². The Bertz CT molecular complexity index is 2670. The zero-order valence-electron chi connectivity index (χ0n) is 24.4. The molecule has 0 radical (unpaired) electrons. The van der Waals surface area contributed by atoms with Crippen LogP contribution in [-0.2, 0) is 9.59 Å². The third-order valence-electron chi connectivity index (χ3n) is 7.40. The molecule has 0 aliphatic carbocycles. The molecular formula is C31H16N6O12. The number of fused-ring (bicyclic) bond motifs is 8. The highest BCUT2D eigenvalue weighted by molar-refractivity contribution is 6.21. The van der Waals surface area contributed by atoms with Crippen LogP contribution >= 0.6 is 0 Å². The summed E-state index contributed by atoms with van der Waals surface area (Å²) in [7, 11) is 0. The number of carbonyl (C=O) groups is 6. The van der Waals surface area contributed by atoms with E-state index in [-0.39, 0.29) is 66.6 Å². The van der Waals surface area contributed by atoms with Gasteiger partial charge in [-0.25, -0.2) is 58.7 Å². The lowest BCUT2D eigenvalue weighted by atomic mass is 10.0. The Morgan fingerprint density at radius 2 is 0.816 bits per heavy atom. The van der Waals surface area contributed by atoms with Crippen LogP contribution in [0, 0.1) is 6.92 Å². The van der Waals surface area contributed by atoms with E-state index >= 15 is 0 Å². The molecular weight excluding hydrogens is 648 g/mol. The zero-order chi connectivity index (χ0) is 35.6. The molecule has 3 aromatic heterocycles. The molecule has 0 spiro atoms. The maximum absolute atomic E-state index is 11.9. The molecule has 242 valence electrons. The van der Waals surface area contributed by atoms with Gasteiger partial charge in [0.2, 0.25) is 0 Å². The number of carboxylic acids is 6. The fourth-order valence-corrected chi connectivity index (χ4v) is 5.10. The molecule has 6 aromatic rings. The van der Waals surface area contributed by atoms with Gasteiger partial charge in [-0.05, 0) is 37.3 Å². The van der Waals surface area contributed by atoms with Crippen LogP contribution in [0.1, 0.15) is 52.8 Å². The summed E-state index contributed by atoms with van der Waals surface area (Å²) in [5.74, 6) is -9.50. The van der Waals surface area contributed by atoms with Crippen molar-refractivity contribution in [3.8, 4) is 0 Å². The highest BCUT2D eigenvalue weighted by Crippen LogP contribution is 2.34. The smallest absolute Gasteiger partial charge is 0.336 e. The second-order valence-electron chi connectivity index (χ2n) is 10.4. The van der Waals surface area contributed by atoms with Crippen molar-refractivity contribution in [3.63, 3.8) is 0 Å². The first kappa shape index (κ1) is 31.5. The number of hydrogen-bond donors (Lipinski definition) is 6. The normalized spacial score (nSPS) is 11.7. The predicted octanol–water partition coefficient (Wildman–Crippen LogP) is 3.03. The van der Waals surface area contributed by atoms with Crippen molar-refractivity contribution in [2.45, 2.75) is 6.92 Å². The summed E-state index contributed by atoms with van der Waals surface area (Å²) in [6.45, 7) is 4.71. The summed E-state index contributed by atoms with van der Waals surface area (Å²) in [6.07, 6.45) is 0.922. The van der Waals surface area contributed by atoms with Crippen molar-refractivity contribution in [1.29, 1.82) is 0 Å². The van der Waals surface area contributed by atoms with Gasteiger partial charge in [-0.3, -0.25) is 0 Å². The molecule has 0 bridgehead atoms. The minimum Gasteiger partial charge on any atom is -0.478 e. The van der Waals surface area contributed by atoms with Crippen LogP contribution in [0.4, 0.5) is 0 Å². The molecule has 3 heterocycles. The first-order valence-corrected chi connectivity index (χ1v) is 13.5. The number of nitrogens with zero attached hydrogens (tertiary/aromatic N) is 6. The molecule has 3 aromatic carbocycles. The van der Waals surface area contributed by atoms with Gasteiger partial charge in [0.25, 0.3) is 0 Å². The molecule has 49 heavy (non-hydrogen) atoms. The quantitative estimate of drug-likeness (QED) is 0.0589. The first-order valence-electron chi connectivity index (χ1n) is 13.5. The highest BCUT2D eigenvalue weighted by atomic mass is 16.4. The van der Waals surface area contributed by atoms with E-state index in [1.807, 2.05) is 0 Å². The maximum atomic E-state index is 11.9. The molecule has 18 nitrogen and oxygen atoms in total. The van der Waals surface area contributed by atoms with Crippen molar-refractivity contribution in [2.75, 3.05) is 0 Å². The lowest BCUT2D eigenvalue weighted by Crippen LogP contribution is -2.11. The molecule has 0 aliphatic rings. The number of aliphatic carboxylic acids is 2. The summed E-state index contributed by atoms with van der Waals surface area (Å²) in [6, 6.07) is 3.94. The van der Waals surface area contributed by atoms with Gasteiger partial charge in [-0.2, -0.15) is 0 Å². The molecule has 6 rings (SSSR count). The summed E-state index contributed by atoms with van der Waals surface area (Å²) < 4.78 is 0. The van der Waals surface area contributed by atoms with Crippen molar-refractivity contribution in [2.24, 2.45) is 0 Å². The number of aromatic nitrogens is 6. The Morgan fingerprint density at radius 1 is 0.510 bits per heavy atom. The van der Waals surface area contributed by atoms with Crippen molar-refractivity contribution in [1.82, 2.24) is 29.9 Å². The monoisotopic (exact) mass is 664 g/mol. The molecule has 0 atom stereocenters. The number of aryl methyl sites for hydroxylation is 1. The minimum atomic E-state index is -1.63. The van der Waals surface area contributed by atoms with Crippen molar-refractivity contribution < 1.29 is 59.4 Å². The van der Waals surface area contributed by atoms with Gasteiger partial charge >= 0.3 is 35.8 Å². The lowest BCUT2D eigenvalue weighted by molar-refractivity contribution is -0.136. The van der Waals surface area contributed by atoms with Gasteiger partial charge in [0.05, 0.1) is 66.9 Å². The van der Waals surface area contributed by atoms with E-state index in [4.69, 9.17) is 0 Å². The summed E-state index contributed by atoms with van der Waals surface area (Å²) >= 11 is 0. The van der Waals surface area contributed by atoms with Gasteiger partial charge in [0, 0.05) is 0 Å². The lowest BCUT2D eigenvalue weighted by Gasteiger charge is -2.12. The van der Waals surface area contributed by atoms with Crippen LogP contribution in [-0.4, -0.2) is 96.4 Å². The van der Waals surface area contributed by atoms with E-state index in [1.165, 1.54) is 6.92 Å². The second kappa shape index (κ2) is 11.1. The number of aromatic carboxylic acids is 4. The van der Waals surface area contributed by atoms with Crippen LogP contribution in [0.5, 0.6) is 0 Å². The van der Waals surface area contributed by atoms with Crippen LogP contribution < -0.4 is 0 Å². The largest absolute Gasteiger partial charge is 0.478 e. The number of rotatable bonds is 8. The van der Waals surface area contributed by atoms with E-state index in [0.717, 1.165) is 30.3 Å². The van der Waals surface area contributed by atoms with Crippen LogP contribution in [0.15, 0.2) is 42.0 Å². The van der Waals surface area contributed by atoms with E-state index in [9.17, 15) is 59.4 Å². The molecule has 0 saturated heterocycles. The predicted molar refractivity (Wildman–Crippen MR) is 166 cm³/mol. The fourth-order valence-electron chi connectivity index (χ4n) is 5.10. The van der Waals surface area contributed by atoms with Gasteiger partial charge in [-0.15, -0.1) is 0 Å². The molecule has 0 amide bonds. The molecule has 0 aliphatic heterocycles. The van der Waals surface area contributed by atoms with Crippen molar-refractivity contribution in [3.05, 3.63) is 75.6 Å². The third-order valence-corrected chi connectivity index (χ3v) is 7.40. The first-order chi connectivity index (χ1) is 23.1.